The molecule has 190 valence electrons. The van der Waals surface area contributed by atoms with Crippen LogP contribution in [0.4, 0.5) is 0 Å². The standard InChI is InChI=1S/C27H38Br2O5/c1-16-6-9-21(28)26(4)12-10-22(29)27(5,33)13-11-23(31)25(2,3)34-24(32)17-7-8-20(30)18(14-17)15-19(16)26/h7-8,14,21-23,30-31,33H,6,9-13,15H2,1-5H3. The second-order valence-corrected chi connectivity index (χ2v) is 13.3. The smallest absolute Gasteiger partial charge is 0.338 e. The molecule has 0 saturated heterocycles. The number of rotatable bonds is 0. The van der Waals surface area contributed by atoms with Crippen LogP contribution in [0.3, 0.4) is 0 Å². The van der Waals surface area contributed by atoms with Crippen molar-refractivity contribution in [1.29, 1.82) is 0 Å². The van der Waals surface area contributed by atoms with Gasteiger partial charge in [0.2, 0.25) is 0 Å². The molecule has 5 nitrogen and oxygen atoms in total. The van der Waals surface area contributed by atoms with Crippen molar-refractivity contribution in [3.05, 3.63) is 40.5 Å². The topological polar surface area (TPSA) is 87.0 Å². The minimum atomic E-state index is -1.13. The fourth-order valence-electron chi connectivity index (χ4n) is 5.23. The van der Waals surface area contributed by atoms with Crippen molar-refractivity contribution in [2.24, 2.45) is 5.41 Å². The number of ether oxygens (including phenoxy) is 1. The molecule has 0 radical (unpaired) electrons. The molecule has 2 bridgehead atoms. The van der Waals surface area contributed by atoms with E-state index in [0.717, 1.165) is 25.7 Å². The van der Waals surface area contributed by atoms with Gasteiger partial charge in [-0.15, -0.1) is 0 Å². The first kappa shape index (κ1) is 27.7. The number of halogens is 2. The summed E-state index contributed by atoms with van der Waals surface area (Å²) < 4.78 is 5.71. The van der Waals surface area contributed by atoms with Gasteiger partial charge in [-0.05, 0) is 96.4 Å². The molecule has 3 rings (SSSR count). The molecule has 1 aromatic carbocycles. The molecule has 0 aromatic heterocycles. The third-order valence-electron chi connectivity index (χ3n) is 8.03. The number of allylic oxidation sites excluding steroid dienone is 2. The monoisotopic (exact) mass is 600 g/mol. The zero-order valence-corrected chi connectivity index (χ0v) is 24.0. The normalized spacial score (nSPS) is 35.4. The van der Waals surface area contributed by atoms with Gasteiger partial charge in [0.05, 0.1) is 17.3 Å². The van der Waals surface area contributed by atoms with E-state index in [1.54, 1.807) is 39.0 Å². The van der Waals surface area contributed by atoms with Crippen LogP contribution in [0.5, 0.6) is 5.75 Å². The summed E-state index contributed by atoms with van der Waals surface area (Å²) in [5, 5.41) is 32.7. The first-order valence-corrected chi connectivity index (χ1v) is 13.9. The maximum absolute atomic E-state index is 13.0. The van der Waals surface area contributed by atoms with Crippen LogP contribution in [0.1, 0.15) is 89.1 Å². The van der Waals surface area contributed by atoms with E-state index in [2.05, 4.69) is 45.7 Å². The highest BCUT2D eigenvalue weighted by Crippen LogP contribution is 2.50. The van der Waals surface area contributed by atoms with Crippen molar-refractivity contribution in [3.63, 3.8) is 0 Å². The first-order valence-electron chi connectivity index (χ1n) is 12.1. The number of hydrogen-bond donors (Lipinski definition) is 3. The van der Waals surface area contributed by atoms with Crippen LogP contribution < -0.4 is 0 Å². The number of phenols is 1. The van der Waals surface area contributed by atoms with E-state index in [0.29, 0.717) is 30.4 Å². The maximum atomic E-state index is 13.0. The van der Waals surface area contributed by atoms with E-state index < -0.39 is 23.3 Å². The van der Waals surface area contributed by atoms with Gasteiger partial charge in [0, 0.05) is 15.1 Å². The molecule has 5 atom stereocenters. The average molecular weight is 602 g/mol. The second kappa shape index (κ2) is 10.2. The number of aliphatic hydroxyl groups excluding tert-OH is 1. The Bertz CT molecular complexity index is 954. The number of carbonyl (C=O) groups excluding carboxylic acids is 1. The number of alkyl halides is 2. The lowest BCUT2D eigenvalue weighted by Gasteiger charge is -2.44. The number of cyclic esters (lactones) is 1. The van der Waals surface area contributed by atoms with Gasteiger partial charge in [-0.2, -0.15) is 0 Å². The van der Waals surface area contributed by atoms with Gasteiger partial charge in [0.15, 0.2) is 0 Å². The van der Waals surface area contributed by atoms with Crippen molar-refractivity contribution < 1.29 is 24.9 Å². The first-order chi connectivity index (χ1) is 15.7. The number of esters is 1. The van der Waals surface area contributed by atoms with Crippen LogP contribution in [0.2, 0.25) is 0 Å². The molecule has 0 fully saturated rings. The number of phenolic OH excluding ortho intramolecular Hbond substituents is 1. The summed E-state index contributed by atoms with van der Waals surface area (Å²) in [5.41, 5.74) is 1.27. The van der Waals surface area contributed by atoms with Gasteiger partial charge >= 0.3 is 5.97 Å². The number of hydrogen-bond acceptors (Lipinski definition) is 5. The Balaban J connectivity index is 2.08. The number of aromatic hydroxyl groups is 1. The van der Waals surface area contributed by atoms with Gasteiger partial charge in [-0.3, -0.25) is 0 Å². The molecular weight excluding hydrogens is 564 g/mol. The second-order valence-electron chi connectivity index (χ2n) is 11.1. The molecule has 7 heteroatoms. The molecule has 0 saturated carbocycles. The highest BCUT2D eigenvalue weighted by atomic mass is 79.9. The summed E-state index contributed by atoms with van der Waals surface area (Å²) in [6, 6.07) is 4.82. The van der Waals surface area contributed by atoms with E-state index in [1.807, 2.05) is 0 Å². The Hall–Kier alpha value is -0.890. The van der Waals surface area contributed by atoms with Gasteiger partial charge in [-0.1, -0.05) is 49.9 Å². The summed E-state index contributed by atoms with van der Waals surface area (Å²) in [6.07, 6.45) is 3.85. The van der Waals surface area contributed by atoms with Crippen LogP contribution in [0.15, 0.2) is 29.3 Å². The molecule has 2 aliphatic rings. The number of fused-ring (bicyclic) bond motifs is 3. The van der Waals surface area contributed by atoms with Gasteiger partial charge < -0.3 is 20.1 Å². The van der Waals surface area contributed by atoms with Crippen molar-refractivity contribution in [3.8, 4) is 5.75 Å². The van der Waals surface area contributed by atoms with Crippen LogP contribution in [-0.4, -0.2) is 48.2 Å². The van der Waals surface area contributed by atoms with Crippen molar-refractivity contribution in [2.75, 3.05) is 0 Å². The van der Waals surface area contributed by atoms with Gasteiger partial charge in [0.25, 0.3) is 0 Å². The third kappa shape index (κ3) is 5.74. The summed E-state index contributed by atoms with van der Waals surface area (Å²) in [4.78, 5) is 13.1. The summed E-state index contributed by atoms with van der Waals surface area (Å²) in [7, 11) is 0. The highest BCUT2D eigenvalue weighted by Gasteiger charge is 2.42. The highest BCUT2D eigenvalue weighted by molar-refractivity contribution is 9.09. The molecule has 3 N–H and O–H groups in total. The molecule has 1 aromatic rings. The van der Waals surface area contributed by atoms with Crippen molar-refractivity contribution in [1.82, 2.24) is 0 Å². The molecular formula is C27H38Br2O5. The Morgan fingerprint density at radius 3 is 2.38 bits per heavy atom. The lowest BCUT2D eigenvalue weighted by atomic mass is 9.66. The minimum absolute atomic E-state index is 0.151. The van der Waals surface area contributed by atoms with Crippen LogP contribution >= 0.6 is 31.9 Å². The lowest BCUT2D eigenvalue weighted by Crippen LogP contribution is -2.44. The third-order valence-corrected chi connectivity index (χ3v) is 10.9. The Labute approximate surface area is 220 Å². The van der Waals surface area contributed by atoms with E-state index in [1.165, 1.54) is 11.1 Å². The van der Waals surface area contributed by atoms with Gasteiger partial charge in [-0.25, -0.2) is 4.79 Å². The van der Waals surface area contributed by atoms with Crippen LogP contribution in [0.25, 0.3) is 0 Å². The summed E-state index contributed by atoms with van der Waals surface area (Å²) >= 11 is 7.67. The molecule has 1 aliphatic heterocycles. The fourth-order valence-corrected chi connectivity index (χ4v) is 6.42. The predicted molar refractivity (Wildman–Crippen MR) is 142 cm³/mol. The lowest BCUT2D eigenvalue weighted by molar-refractivity contribution is -0.0789. The van der Waals surface area contributed by atoms with E-state index in [9.17, 15) is 20.1 Å². The summed E-state index contributed by atoms with van der Waals surface area (Å²) in [6.45, 7) is 9.56. The number of aliphatic hydroxyl groups is 2. The van der Waals surface area contributed by atoms with E-state index >= 15 is 0 Å². The maximum Gasteiger partial charge on any atom is 0.338 e. The minimum Gasteiger partial charge on any atom is -0.508 e. The zero-order chi connectivity index (χ0) is 25.5. The largest absolute Gasteiger partial charge is 0.508 e. The zero-order valence-electron chi connectivity index (χ0n) is 20.8. The van der Waals surface area contributed by atoms with E-state index in [4.69, 9.17) is 4.74 Å². The Morgan fingerprint density at radius 1 is 1.03 bits per heavy atom. The Morgan fingerprint density at radius 2 is 1.71 bits per heavy atom. The van der Waals surface area contributed by atoms with Gasteiger partial charge in [0.1, 0.15) is 11.4 Å². The quantitative estimate of drug-likeness (QED) is 0.187. The van der Waals surface area contributed by atoms with Crippen molar-refractivity contribution in [2.45, 2.75) is 107 Å². The molecule has 34 heavy (non-hydrogen) atoms. The van der Waals surface area contributed by atoms with Crippen molar-refractivity contribution >= 4 is 37.8 Å². The molecule has 0 amide bonds. The number of benzene rings is 1. The van der Waals surface area contributed by atoms with Crippen LogP contribution in [-0.2, 0) is 11.2 Å². The molecule has 0 spiro atoms. The molecule has 5 unspecified atom stereocenters. The van der Waals surface area contributed by atoms with Crippen LogP contribution in [0, 0.1) is 5.41 Å². The SMILES string of the molecule is CC1=C2Cc3cc(ccc3O)C(=O)OC(C)(C)C(O)CCC(C)(O)C(Br)CCC2(C)C(Br)CC1. The molecule has 1 aliphatic carbocycles. The number of carbonyl (C=O) groups is 1. The fraction of sp³-hybridized carbons (Fsp3) is 0.667. The van der Waals surface area contributed by atoms with E-state index in [-0.39, 0.29) is 20.8 Å². The average Bonchev–Trinajstić information content (AvgIpc) is 2.76. The summed E-state index contributed by atoms with van der Waals surface area (Å²) in [5.74, 6) is -0.393. The Kier molecular flexibility index (Phi) is 8.33. The predicted octanol–water partition coefficient (Wildman–Crippen LogP) is 6.20. The molecule has 1 heterocycles.